The summed E-state index contributed by atoms with van der Waals surface area (Å²) in [5.74, 6) is 0.510. The first kappa shape index (κ1) is 8.26. The van der Waals surface area contributed by atoms with Crippen LogP contribution in [0.5, 0.6) is 5.88 Å². The summed E-state index contributed by atoms with van der Waals surface area (Å²) in [5.41, 5.74) is 0.791. The molecule has 13 heavy (non-hydrogen) atoms. The number of halogens is 1. The van der Waals surface area contributed by atoms with E-state index in [0.717, 1.165) is 10.9 Å². The Morgan fingerprint density at radius 2 is 2.15 bits per heavy atom. The summed E-state index contributed by atoms with van der Waals surface area (Å²) >= 11 is 5.98. The van der Waals surface area contributed by atoms with E-state index in [2.05, 4.69) is 9.97 Å². The zero-order chi connectivity index (χ0) is 9.26. The molecule has 0 radical (unpaired) electrons. The molecule has 0 saturated carbocycles. The topological polar surface area (TPSA) is 35.0 Å². The van der Waals surface area contributed by atoms with Crippen LogP contribution in [0.15, 0.2) is 24.5 Å². The van der Waals surface area contributed by atoms with E-state index >= 15 is 0 Å². The summed E-state index contributed by atoms with van der Waals surface area (Å²) < 4.78 is 5.07. The lowest BCUT2D eigenvalue weighted by Crippen LogP contribution is -1.91. The van der Waals surface area contributed by atoms with E-state index in [9.17, 15) is 0 Å². The van der Waals surface area contributed by atoms with E-state index in [0.29, 0.717) is 10.9 Å². The van der Waals surface area contributed by atoms with Gasteiger partial charge >= 0.3 is 0 Å². The van der Waals surface area contributed by atoms with Crippen LogP contribution in [-0.2, 0) is 0 Å². The third-order valence-corrected chi connectivity index (χ3v) is 2.09. The summed E-state index contributed by atoms with van der Waals surface area (Å²) in [6.45, 7) is 0. The SMILES string of the molecule is COc1ncnc2cccc(Cl)c12. The number of methoxy groups -OCH3 is 1. The molecule has 1 heterocycles. The van der Waals surface area contributed by atoms with Crippen LogP contribution in [0, 0.1) is 0 Å². The fourth-order valence-corrected chi connectivity index (χ4v) is 1.45. The summed E-state index contributed by atoms with van der Waals surface area (Å²) in [5, 5.41) is 1.36. The number of nitrogens with zero attached hydrogens (tertiary/aromatic N) is 2. The minimum absolute atomic E-state index is 0.510. The van der Waals surface area contributed by atoms with Crippen LogP contribution in [-0.4, -0.2) is 17.1 Å². The molecule has 0 amide bonds. The molecule has 0 fully saturated rings. The van der Waals surface area contributed by atoms with Gasteiger partial charge in [-0.2, -0.15) is 0 Å². The van der Waals surface area contributed by atoms with Gasteiger partial charge in [-0.3, -0.25) is 0 Å². The minimum atomic E-state index is 0.510. The van der Waals surface area contributed by atoms with Crippen molar-refractivity contribution in [2.24, 2.45) is 0 Å². The first-order chi connectivity index (χ1) is 6.33. The van der Waals surface area contributed by atoms with E-state index in [4.69, 9.17) is 16.3 Å². The van der Waals surface area contributed by atoms with Gasteiger partial charge in [0.1, 0.15) is 6.33 Å². The molecular weight excluding hydrogens is 188 g/mol. The molecule has 66 valence electrons. The molecule has 2 rings (SSSR count). The zero-order valence-electron chi connectivity index (χ0n) is 6.99. The molecule has 4 heteroatoms. The van der Waals surface area contributed by atoms with Gasteiger partial charge in [-0.1, -0.05) is 17.7 Å². The van der Waals surface area contributed by atoms with Crippen LogP contribution in [0.1, 0.15) is 0 Å². The third-order valence-electron chi connectivity index (χ3n) is 1.77. The lowest BCUT2D eigenvalue weighted by molar-refractivity contribution is 0.402. The predicted octanol–water partition coefficient (Wildman–Crippen LogP) is 2.29. The molecule has 1 aromatic carbocycles. The highest BCUT2D eigenvalue weighted by Crippen LogP contribution is 2.28. The molecule has 0 aliphatic carbocycles. The molecule has 0 aliphatic rings. The Bertz CT molecular complexity index is 439. The first-order valence-corrected chi connectivity index (χ1v) is 4.14. The average molecular weight is 195 g/mol. The maximum Gasteiger partial charge on any atom is 0.225 e. The molecule has 3 nitrogen and oxygen atoms in total. The molecular formula is C9H7ClN2O. The highest BCUT2D eigenvalue weighted by molar-refractivity contribution is 6.35. The second-order valence-electron chi connectivity index (χ2n) is 2.52. The van der Waals surface area contributed by atoms with Crippen LogP contribution in [0.4, 0.5) is 0 Å². The van der Waals surface area contributed by atoms with Gasteiger partial charge in [-0.15, -0.1) is 0 Å². The Labute approximate surface area is 80.3 Å². The molecule has 0 bridgehead atoms. The van der Waals surface area contributed by atoms with Crippen molar-refractivity contribution in [2.45, 2.75) is 0 Å². The van der Waals surface area contributed by atoms with Crippen LogP contribution in [0.2, 0.25) is 5.02 Å². The lowest BCUT2D eigenvalue weighted by Gasteiger charge is -2.03. The Kier molecular flexibility index (Phi) is 2.02. The Morgan fingerprint density at radius 1 is 1.31 bits per heavy atom. The number of rotatable bonds is 1. The fraction of sp³-hybridized carbons (Fsp3) is 0.111. The minimum Gasteiger partial charge on any atom is -0.480 e. The third kappa shape index (κ3) is 1.31. The Balaban J connectivity index is 2.87. The Morgan fingerprint density at radius 3 is 2.92 bits per heavy atom. The van der Waals surface area contributed by atoms with E-state index in [1.807, 2.05) is 12.1 Å². The van der Waals surface area contributed by atoms with Crippen molar-refractivity contribution in [1.29, 1.82) is 0 Å². The highest BCUT2D eigenvalue weighted by Gasteiger charge is 2.06. The van der Waals surface area contributed by atoms with Crippen molar-refractivity contribution in [2.75, 3.05) is 7.11 Å². The van der Waals surface area contributed by atoms with E-state index < -0.39 is 0 Å². The standard InChI is InChI=1S/C9H7ClN2O/c1-13-9-8-6(10)3-2-4-7(8)11-5-12-9/h2-5H,1H3. The highest BCUT2D eigenvalue weighted by atomic mass is 35.5. The second kappa shape index (κ2) is 3.18. The van der Waals surface area contributed by atoms with Crippen LogP contribution in [0.25, 0.3) is 10.9 Å². The molecule has 0 spiro atoms. The molecule has 0 unspecified atom stereocenters. The smallest absolute Gasteiger partial charge is 0.225 e. The maximum atomic E-state index is 5.98. The van der Waals surface area contributed by atoms with Gasteiger partial charge in [-0.25, -0.2) is 9.97 Å². The van der Waals surface area contributed by atoms with Crippen LogP contribution in [0.3, 0.4) is 0 Å². The Hall–Kier alpha value is -1.35. The number of hydrogen-bond donors (Lipinski definition) is 0. The summed E-state index contributed by atoms with van der Waals surface area (Å²) in [4.78, 5) is 8.04. The quantitative estimate of drug-likeness (QED) is 0.699. The lowest BCUT2D eigenvalue weighted by atomic mass is 10.2. The first-order valence-electron chi connectivity index (χ1n) is 3.76. The normalized spacial score (nSPS) is 10.3. The summed E-state index contributed by atoms with van der Waals surface area (Å²) in [6, 6.07) is 5.50. The van der Waals surface area contributed by atoms with Gasteiger partial charge in [-0.05, 0) is 12.1 Å². The second-order valence-corrected chi connectivity index (χ2v) is 2.92. The van der Waals surface area contributed by atoms with E-state index in [1.165, 1.54) is 6.33 Å². The zero-order valence-corrected chi connectivity index (χ0v) is 7.75. The average Bonchev–Trinajstić information content (AvgIpc) is 2.17. The molecule has 0 aliphatic heterocycles. The molecule has 0 atom stereocenters. The maximum absolute atomic E-state index is 5.98. The number of aromatic nitrogens is 2. The molecule has 1 aromatic heterocycles. The monoisotopic (exact) mass is 194 g/mol. The van der Waals surface area contributed by atoms with Crippen molar-refractivity contribution in [3.63, 3.8) is 0 Å². The largest absolute Gasteiger partial charge is 0.480 e. The summed E-state index contributed by atoms with van der Waals surface area (Å²) in [7, 11) is 1.56. The summed E-state index contributed by atoms with van der Waals surface area (Å²) in [6.07, 6.45) is 1.46. The van der Waals surface area contributed by atoms with Gasteiger partial charge in [0.05, 0.1) is 23.0 Å². The molecule has 0 N–H and O–H groups in total. The number of fused-ring (bicyclic) bond motifs is 1. The predicted molar refractivity (Wildman–Crippen MR) is 51.1 cm³/mol. The van der Waals surface area contributed by atoms with Crippen LogP contribution >= 0.6 is 11.6 Å². The number of benzene rings is 1. The van der Waals surface area contributed by atoms with Crippen molar-refractivity contribution in [3.8, 4) is 5.88 Å². The fourth-order valence-electron chi connectivity index (χ4n) is 1.19. The van der Waals surface area contributed by atoms with Gasteiger partial charge in [0, 0.05) is 0 Å². The van der Waals surface area contributed by atoms with Gasteiger partial charge in [0.2, 0.25) is 5.88 Å². The van der Waals surface area contributed by atoms with Crippen molar-refractivity contribution >= 4 is 22.5 Å². The number of hydrogen-bond acceptors (Lipinski definition) is 3. The molecule has 2 aromatic rings. The van der Waals surface area contributed by atoms with Crippen LogP contribution < -0.4 is 4.74 Å². The van der Waals surface area contributed by atoms with Gasteiger partial charge in [0.15, 0.2) is 0 Å². The van der Waals surface area contributed by atoms with Gasteiger partial charge in [0.25, 0.3) is 0 Å². The van der Waals surface area contributed by atoms with E-state index in [-0.39, 0.29) is 0 Å². The van der Waals surface area contributed by atoms with E-state index in [1.54, 1.807) is 13.2 Å². The van der Waals surface area contributed by atoms with Crippen molar-refractivity contribution < 1.29 is 4.74 Å². The van der Waals surface area contributed by atoms with Crippen molar-refractivity contribution in [3.05, 3.63) is 29.5 Å². The number of ether oxygens (including phenoxy) is 1. The van der Waals surface area contributed by atoms with Gasteiger partial charge < -0.3 is 4.74 Å². The van der Waals surface area contributed by atoms with Crippen molar-refractivity contribution in [1.82, 2.24) is 9.97 Å². The molecule has 0 saturated heterocycles.